The van der Waals surface area contributed by atoms with Crippen molar-refractivity contribution < 1.29 is 5.11 Å². The van der Waals surface area contributed by atoms with Crippen LogP contribution in [-0.4, -0.2) is 33.6 Å². The first-order valence-electron chi connectivity index (χ1n) is 5.74. The van der Waals surface area contributed by atoms with E-state index in [2.05, 4.69) is 17.3 Å². The fraction of sp³-hybridized carbons (Fsp3) is 0.727. The van der Waals surface area contributed by atoms with Gasteiger partial charge in [0.2, 0.25) is 0 Å². The van der Waals surface area contributed by atoms with Gasteiger partial charge in [0, 0.05) is 11.7 Å². The normalized spacial score (nSPS) is 29.8. The summed E-state index contributed by atoms with van der Waals surface area (Å²) >= 11 is 5.86. The Morgan fingerprint density at radius 3 is 3.12 bits per heavy atom. The maximum atomic E-state index is 9.50. The van der Waals surface area contributed by atoms with Gasteiger partial charge in [-0.3, -0.25) is 4.68 Å². The van der Waals surface area contributed by atoms with Crippen LogP contribution in [0.5, 0.6) is 0 Å². The largest absolute Gasteiger partial charge is 0.394 e. The summed E-state index contributed by atoms with van der Waals surface area (Å²) in [5.41, 5.74) is -0.127. The lowest BCUT2D eigenvalue weighted by atomic mass is 9.98. The summed E-state index contributed by atoms with van der Waals surface area (Å²) in [4.78, 5) is 0. The molecule has 0 amide bonds. The summed E-state index contributed by atoms with van der Waals surface area (Å²) in [5, 5.41) is 17.8. The van der Waals surface area contributed by atoms with Gasteiger partial charge in [0.1, 0.15) is 0 Å². The van der Waals surface area contributed by atoms with Crippen molar-refractivity contribution in [2.45, 2.75) is 37.8 Å². The molecule has 1 aromatic rings. The first-order chi connectivity index (χ1) is 7.69. The summed E-state index contributed by atoms with van der Waals surface area (Å²) in [7, 11) is 0. The molecule has 1 saturated carbocycles. The van der Waals surface area contributed by atoms with Gasteiger partial charge in [-0.1, -0.05) is 18.5 Å². The second-order valence-corrected chi connectivity index (χ2v) is 4.94. The molecule has 0 aliphatic heterocycles. The molecule has 0 bridgehead atoms. The molecule has 1 aromatic heterocycles. The van der Waals surface area contributed by atoms with E-state index in [-0.39, 0.29) is 12.1 Å². The second kappa shape index (κ2) is 4.73. The Kier molecular flexibility index (Phi) is 3.52. The number of likely N-dealkylation sites (N-methyl/N-ethyl adjacent to an activating group) is 1. The molecular formula is C11H18ClN3O. The van der Waals surface area contributed by atoms with Gasteiger partial charge in [-0.2, -0.15) is 5.10 Å². The van der Waals surface area contributed by atoms with Crippen LogP contribution in [0.1, 0.15) is 32.2 Å². The Hall–Kier alpha value is -0.580. The van der Waals surface area contributed by atoms with Crippen LogP contribution in [0.4, 0.5) is 0 Å². The zero-order valence-corrected chi connectivity index (χ0v) is 10.2. The zero-order valence-electron chi connectivity index (χ0n) is 9.49. The molecule has 1 heterocycles. The van der Waals surface area contributed by atoms with Gasteiger partial charge in [0.05, 0.1) is 23.9 Å². The topological polar surface area (TPSA) is 50.1 Å². The molecule has 2 N–H and O–H groups in total. The van der Waals surface area contributed by atoms with Crippen molar-refractivity contribution in [3.05, 3.63) is 17.4 Å². The third-order valence-corrected chi connectivity index (χ3v) is 3.58. The maximum absolute atomic E-state index is 9.50. The molecule has 0 aromatic carbocycles. The molecule has 2 atom stereocenters. The highest BCUT2D eigenvalue weighted by molar-refractivity contribution is 6.30. The van der Waals surface area contributed by atoms with Crippen LogP contribution in [0.3, 0.4) is 0 Å². The lowest BCUT2D eigenvalue weighted by Crippen LogP contribution is -2.46. The molecule has 4 nitrogen and oxygen atoms in total. The standard InChI is InChI=1S/C11H18ClN3O/c1-2-13-11(8-16)4-3-10(5-11)15-7-9(12)6-14-15/h6-7,10,13,16H,2-5,8H2,1H3. The molecule has 16 heavy (non-hydrogen) atoms. The van der Waals surface area contributed by atoms with E-state index in [1.165, 1.54) is 0 Å². The lowest BCUT2D eigenvalue weighted by Gasteiger charge is -2.28. The van der Waals surface area contributed by atoms with Crippen LogP contribution in [0.15, 0.2) is 12.4 Å². The highest BCUT2D eigenvalue weighted by Gasteiger charge is 2.38. The number of halogens is 1. The van der Waals surface area contributed by atoms with E-state index in [0.29, 0.717) is 11.1 Å². The van der Waals surface area contributed by atoms with Crippen molar-refractivity contribution in [1.29, 1.82) is 0 Å². The predicted molar refractivity (Wildman–Crippen MR) is 63.6 cm³/mol. The minimum absolute atomic E-state index is 0.127. The molecule has 1 aliphatic rings. The predicted octanol–water partition coefficient (Wildman–Crippen LogP) is 1.60. The van der Waals surface area contributed by atoms with E-state index in [1.807, 2.05) is 10.9 Å². The van der Waals surface area contributed by atoms with Gasteiger partial charge in [0.15, 0.2) is 0 Å². The van der Waals surface area contributed by atoms with Crippen LogP contribution in [0.2, 0.25) is 5.02 Å². The van der Waals surface area contributed by atoms with Gasteiger partial charge in [-0.25, -0.2) is 0 Å². The average Bonchev–Trinajstić information content (AvgIpc) is 2.86. The minimum Gasteiger partial charge on any atom is -0.394 e. The van der Waals surface area contributed by atoms with E-state index in [0.717, 1.165) is 25.8 Å². The van der Waals surface area contributed by atoms with Gasteiger partial charge in [0.25, 0.3) is 0 Å². The van der Waals surface area contributed by atoms with E-state index < -0.39 is 0 Å². The molecule has 5 heteroatoms. The minimum atomic E-state index is -0.127. The average molecular weight is 244 g/mol. The fourth-order valence-electron chi connectivity index (χ4n) is 2.57. The Balaban J connectivity index is 2.06. The highest BCUT2D eigenvalue weighted by Crippen LogP contribution is 2.37. The number of aromatic nitrogens is 2. The van der Waals surface area contributed by atoms with E-state index in [1.54, 1.807) is 6.20 Å². The summed E-state index contributed by atoms with van der Waals surface area (Å²) in [6, 6.07) is 0.346. The van der Waals surface area contributed by atoms with Crippen LogP contribution in [0, 0.1) is 0 Å². The van der Waals surface area contributed by atoms with Crippen molar-refractivity contribution in [3.8, 4) is 0 Å². The Morgan fingerprint density at radius 1 is 1.75 bits per heavy atom. The van der Waals surface area contributed by atoms with E-state index in [9.17, 15) is 5.11 Å². The fourth-order valence-corrected chi connectivity index (χ4v) is 2.72. The molecule has 2 rings (SSSR count). The summed E-state index contributed by atoms with van der Waals surface area (Å²) in [6.45, 7) is 3.13. The monoisotopic (exact) mass is 243 g/mol. The first-order valence-corrected chi connectivity index (χ1v) is 6.12. The first kappa shape index (κ1) is 11.9. The summed E-state index contributed by atoms with van der Waals surface area (Å²) in [6.07, 6.45) is 6.44. The Labute approximate surface area is 101 Å². The summed E-state index contributed by atoms with van der Waals surface area (Å²) in [5.74, 6) is 0. The molecule has 0 radical (unpaired) electrons. The summed E-state index contributed by atoms with van der Waals surface area (Å²) < 4.78 is 1.91. The van der Waals surface area contributed by atoms with Gasteiger partial charge < -0.3 is 10.4 Å². The molecule has 1 aliphatic carbocycles. The smallest absolute Gasteiger partial charge is 0.0785 e. The van der Waals surface area contributed by atoms with Gasteiger partial charge in [-0.05, 0) is 25.8 Å². The van der Waals surface area contributed by atoms with Gasteiger partial charge >= 0.3 is 0 Å². The van der Waals surface area contributed by atoms with Crippen LogP contribution in [0.25, 0.3) is 0 Å². The SMILES string of the molecule is CCNC1(CO)CCC(n2cc(Cl)cn2)C1. The quantitative estimate of drug-likeness (QED) is 0.845. The second-order valence-electron chi connectivity index (χ2n) is 4.50. The number of aliphatic hydroxyl groups is 1. The van der Waals surface area contributed by atoms with E-state index in [4.69, 9.17) is 11.6 Å². The molecule has 90 valence electrons. The zero-order chi connectivity index (χ0) is 11.6. The van der Waals surface area contributed by atoms with Crippen molar-refractivity contribution in [1.82, 2.24) is 15.1 Å². The Morgan fingerprint density at radius 2 is 2.56 bits per heavy atom. The number of rotatable bonds is 4. The number of aliphatic hydroxyl groups excluding tert-OH is 1. The van der Waals surface area contributed by atoms with E-state index >= 15 is 0 Å². The molecule has 0 spiro atoms. The van der Waals surface area contributed by atoms with Crippen LogP contribution in [-0.2, 0) is 0 Å². The number of hydrogen-bond acceptors (Lipinski definition) is 3. The molecular weight excluding hydrogens is 226 g/mol. The molecule has 2 unspecified atom stereocenters. The number of nitrogens with zero attached hydrogens (tertiary/aromatic N) is 2. The Bertz CT molecular complexity index is 355. The lowest BCUT2D eigenvalue weighted by molar-refractivity contribution is 0.162. The third kappa shape index (κ3) is 2.24. The highest BCUT2D eigenvalue weighted by atomic mass is 35.5. The molecule has 1 fully saturated rings. The van der Waals surface area contributed by atoms with Crippen molar-refractivity contribution in [2.24, 2.45) is 0 Å². The van der Waals surface area contributed by atoms with Gasteiger partial charge in [-0.15, -0.1) is 0 Å². The molecule has 0 saturated heterocycles. The van der Waals surface area contributed by atoms with Crippen molar-refractivity contribution in [3.63, 3.8) is 0 Å². The van der Waals surface area contributed by atoms with Crippen LogP contribution < -0.4 is 5.32 Å². The number of nitrogens with one attached hydrogen (secondary N) is 1. The van der Waals surface area contributed by atoms with Crippen LogP contribution >= 0.6 is 11.6 Å². The number of hydrogen-bond donors (Lipinski definition) is 2. The maximum Gasteiger partial charge on any atom is 0.0785 e. The van der Waals surface area contributed by atoms with Crippen molar-refractivity contribution >= 4 is 11.6 Å². The van der Waals surface area contributed by atoms with Crippen molar-refractivity contribution in [2.75, 3.05) is 13.2 Å². The third-order valence-electron chi connectivity index (χ3n) is 3.38.